The van der Waals surface area contributed by atoms with Gasteiger partial charge < -0.3 is 29.6 Å². The van der Waals surface area contributed by atoms with E-state index in [1.807, 2.05) is 60.7 Å². The van der Waals surface area contributed by atoms with E-state index in [4.69, 9.17) is 0 Å². The van der Waals surface area contributed by atoms with Crippen LogP contribution in [-0.2, 0) is 23.7 Å². The van der Waals surface area contributed by atoms with Crippen LogP contribution in [0.5, 0.6) is 0 Å². The molecule has 6 rings (SSSR count). The zero-order chi connectivity index (χ0) is 32.2. The lowest BCUT2D eigenvalue weighted by molar-refractivity contribution is -0.120. The van der Waals surface area contributed by atoms with E-state index in [2.05, 4.69) is 20.6 Å². The number of hydrogen-bond acceptors (Lipinski definition) is 6. The van der Waals surface area contributed by atoms with Gasteiger partial charge in [0.25, 0.3) is 11.8 Å². The molecule has 12 heteroatoms. The first-order valence-electron chi connectivity index (χ1n) is 15.3. The van der Waals surface area contributed by atoms with Crippen molar-refractivity contribution in [3.63, 3.8) is 0 Å². The molecule has 0 bridgehead atoms. The lowest BCUT2D eigenvalue weighted by Gasteiger charge is -2.24. The maximum atomic E-state index is 13.1. The minimum atomic E-state index is -0.527. The average Bonchev–Trinajstić information content (AvgIpc) is 3.88. The van der Waals surface area contributed by atoms with Crippen molar-refractivity contribution >= 4 is 47.2 Å². The number of carbonyl (C=O) groups is 4. The molecule has 4 amide bonds. The Morgan fingerprint density at radius 3 is 1.39 bits per heavy atom. The van der Waals surface area contributed by atoms with Crippen LogP contribution in [0.25, 0.3) is 12.2 Å². The SMILES string of the molecule is Cn1cncc1C(=O)N1CCC[C@H]1C(=O)Nc1ccc(/C=C/c2ccc(NC(=O)[C@@H]3CCCN3C(=O)c3cncn3C)cc2)cc1. The molecule has 2 fully saturated rings. The van der Waals surface area contributed by atoms with Crippen molar-refractivity contribution in [2.24, 2.45) is 14.1 Å². The van der Waals surface area contributed by atoms with Gasteiger partial charge in [-0.2, -0.15) is 0 Å². The number of aromatic nitrogens is 4. The van der Waals surface area contributed by atoms with Crippen LogP contribution < -0.4 is 10.6 Å². The van der Waals surface area contributed by atoms with E-state index in [9.17, 15) is 19.2 Å². The summed E-state index contributed by atoms with van der Waals surface area (Å²) in [4.78, 5) is 63.4. The van der Waals surface area contributed by atoms with E-state index in [1.165, 1.54) is 12.4 Å². The normalized spacial score (nSPS) is 17.9. The van der Waals surface area contributed by atoms with Crippen molar-refractivity contribution in [3.8, 4) is 0 Å². The molecule has 2 aliphatic heterocycles. The lowest BCUT2D eigenvalue weighted by atomic mass is 10.1. The first kappa shape index (κ1) is 30.5. The Hall–Kier alpha value is -5.52. The number of amides is 4. The molecular weight excluding hydrogens is 584 g/mol. The van der Waals surface area contributed by atoms with Crippen molar-refractivity contribution in [3.05, 3.63) is 96.1 Å². The maximum Gasteiger partial charge on any atom is 0.272 e. The van der Waals surface area contributed by atoms with Crippen LogP contribution >= 0.6 is 0 Å². The predicted molar refractivity (Wildman–Crippen MR) is 174 cm³/mol. The molecule has 2 saturated heterocycles. The summed E-state index contributed by atoms with van der Waals surface area (Å²) in [6.45, 7) is 1.07. The standard InChI is InChI=1S/C34H36N8O4/c1-39-21-35-19-29(39)33(45)41-17-3-5-27(41)31(43)37-25-13-9-23(10-14-25)7-8-24-11-15-26(16-12-24)38-32(44)28-6-4-18-42(28)34(46)30-20-36-22-40(30)2/h7-16,19-22,27-28H,3-6,17-18H2,1-2H3,(H,37,43)(H,38,44)/b8-7+/t27-,28-/m0/s1. The van der Waals surface area contributed by atoms with Crippen LogP contribution in [0.2, 0.25) is 0 Å². The van der Waals surface area contributed by atoms with Crippen molar-refractivity contribution in [1.82, 2.24) is 28.9 Å². The molecule has 2 N–H and O–H groups in total. The van der Waals surface area contributed by atoms with E-state index >= 15 is 0 Å². The van der Waals surface area contributed by atoms with Crippen LogP contribution in [0.15, 0.2) is 73.6 Å². The van der Waals surface area contributed by atoms with E-state index in [0.29, 0.717) is 48.7 Å². The molecule has 4 aromatic rings. The second kappa shape index (κ2) is 13.2. The number of rotatable bonds is 8. The van der Waals surface area contributed by atoms with Gasteiger partial charge in [0.1, 0.15) is 23.5 Å². The van der Waals surface area contributed by atoms with Crippen LogP contribution in [0.1, 0.15) is 57.8 Å². The topological polar surface area (TPSA) is 134 Å². The summed E-state index contributed by atoms with van der Waals surface area (Å²) in [7, 11) is 3.52. The number of likely N-dealkylation sites (tertiary alicyclic amines) is 2. The third kappa shape index (κ3) is 6.46. The van der Waals surface area contributed by atoms with Gasteiger partial charge in [0.05, 0.1) is 25.0 Å². The molecule has 2 aromatic carbocycles. The fourth-order valence-corrected chi connectivity index (χ4v) is 5.98. The number of imidazole rings is 2. The molecule has 0 saturated carbocycles. The van der Waals surface area contributed by atoms with Crippen LogP contribution in [0.3, 0.4) is 0 Å². The zero-order valence-electron chi connectivity index (χ0n) is 25.8. The summed E-state index contributed by atoms with van der Waals surface area (Å²) in [5.41, 5.74) is 4.13. The monoisotopic (exact) mass is 620 g/mol. The Bertz CT molecular complexity index is 1640. The zero-order valence-corrected chi connectivity index (χ0v) is 25.8. The molecule has 4 heterocycles. The molecule has 0 radical (unpaired) electrons. The van der Waals surface area contributed by atoms with Crippen molar-refractivity contribution < 1.29 is 19.2 Å². The number of hydrogen-bond donors (Lipinski definition) is 2. The molecule has 0 unspecified atom stereocenters. The van der Waals surface area contributed by atoms with Crippen LogP contribution in [0.4, 0.5) is 11.4 Å². The van der Waals surface area contributed by atoms with Gasteiger partial charge in [-0.3, -0.25) is 19.2 Å². The van der Waals surface area contributed by atoms with E-state index in [1.54, 1.807) is 45.7 Å². The van der Waals surface area contributed by atoms with Gasteiger partial charge in [0.2, 0.25) is 11.8 Å². The molecule has 2 aromatic heterocycles. The van der Waals surface area contributed by atoms with Gasteiger partial charge in [-0.05, 0) is 61.1 Å². The van der Waals surface area contributed by atoms with Crippen molar-refractivity contribution in [2.75, 3.05) is 23.7 Å². The molecule has 0 aliphatic carbocycles. The summed E-state index contributed by atoms with van der Waals surface area (Å²) in [5.74, 6) is -0.794. The molecule has 2 atom stereocenters. The first-order chi connectivity index (χ1) is 22.3. The summed E-state index contributed by atoms with van der Waals surface area (Å²) in [6, 6.07) is 13.9. The highest BCUT2D eigenvalue weighted by Crippen LogP contribution is 2.24. The molecule has 12 nitrogen and oxygen atoms in total. The minimum absolute atomic E-state index is 0.192. The number of carbonyl (C=O) groups excluding carboxylic acids is 4. The van der Waals surface area contributed by atoms with Gasteiger partial charge >= 0.3 is 0 Å². The summed E-state index contributed by atoms with van der Waals surface area (Å²) in [5, 5.41) is 5.90. The number of anilines is 2. The molecular formula is C34H36N8O4. The van der Waals surface area contributed by atoms with Crippen molar-refractivity contribution in [1.29, 1.82) is 0 Å². The lowest BCUT2D eigenvalue weighted by Crippen LogP contribution is -2.43. The van der Waals surface area contributed by atoms with Crippen LogP contribution in [-0.4, -0.2) is 77.7 Å². The quantitative estimate of drug-likeness (QED) is 0.288. The number of aryl methyl sites for hydroxylation is 2. The summed E-state index contributed by atoms with van der Waals surface area (Å²) in [6.07, 6.45) is 12.9. The van der Waals surface area contributed by atoms with E-state index in [0.717, 1.165) is 24.0 Å². The van der Waals surface area contributed by atoms with E-state index < -0.39 is 12.1 Å². The van der Waals surface area contributed by atoms with Gasteiger partial charge in [0.15, 0.2) is 0 Å². The minimum Gasteiger partial charge on any atom is -0.330 e. The summed E-state index contributed by atoms with van der Waals surface area (Å²) < 4.78 is 3.32. The molecule has 236 valence electrons. The smallest absolute Gasteiger partial charge is 0.272 e. The second-order valence-corrected chi connectivity index (χ2v) is 11.6. The van der Waals surface area contributed by atoms with Gasteiger partial charge in [-0.1, -0.05) is 36.4 Å². The van der Waals surface area contributed by atoms with Gasteiger partial charge in [-0.25, -0.2) is 9.97 Å². The van der Waals surface area contributed by atoms with E-state index in [-0.39, 0.29) is 23.6 Å². The molecule has 46 heavy (non-hydrogen) atoms. The fraction of sp³-hybridized carbons (Fsp3) is 0.294. The Morgan fingerprint density at radius 1 is 0.652 bits per heavy atom. The Balaban J connectivity index is 1.01. The third-order valence-corrected chi connectivity index (χ3v) is 8.53. The van der Waals surface area contributed by atoms with Crippen molar-refractivity contribution in [2.45, 2.75) is 37.8 Å². The Kier molecular flexibility index (Phi) is 8.77. The van der Waals surface area contributed by atoms with Gasteiger partial charge in [-0.15, -0.1) is 0 Å². The molecule has 0 spiro atoms. The average molecular weight is 621 g/mol. The highest BCUT2D eigenvalue weighted by molar-refractivity contribution is 6.02. The highest BCUT2D eigenvalue weighted by atomic mass is 16.2. The second-order valence-electron chi connectivity index (χ2n) is 11.6. The van der Waals surface area contributed by atoms with Gasteiger partial charge in [0, 0.05) is 38.6 Å². The largest absolute Gasteiger partial charge is 0.330 e. The number of benzene rings is 2. The fourth-order valence-electron chi connectivity index (χ4n) is 5.98. The first-order valence-corrected chi connectivity index (χ1v) is 15.3. The predicted octanol–water partition coefficient (Wildman–Crippen LogP) is 3.81. The Labute approximate surface area is 266 Å². The maximum absolute atomic E-state index is 13.1. The highest BCUT2D eigenvalue weighted by Gasteiger charge is 2.36. The molecule has 2 aliphatic rings. The van der Waals surface area contributed by atoms with Crippen LogP contribution in [0, 0.1) is 0 Å². The number of nitrogens with zero attached hydrogens (tertiary/aromatic N) is 6. The Morgan fingerprint density at radius 2 is 1.04 bits per heavy atom. The summed E-state index contributed by atoms with van der Waals surface area (Å²) >= 11 is 0. The number of nitrogens with one attached hydrogen (secondary N) is 2. The third-order valence-electron chi connectivity index (χ3n) is 8.53.